The van der Waals surface area contributed by atoms with Crippen LogP contribution in [0.2, 0.25) is 0 Å². The molecule has 0 saturated carbocycles. The third-order valence-electron chi connectivity index (χ3n) is 2.73. The first-order valence-corrected chi connectivity index (χ1v) is 7.56. The lowest BCUT2D eigenvalue weighted by atomic mass is 10.2. The van der Waals surface area contributed by atoms with Gasteiger partial charge in [-0.15, -0.1) is 11.8 Å². The van der Waals surface area contributed by atoms with E-state index in [4.69, 9.17) is 14.2 Å². The Labute approximate surface area is 119 Å². The van der Waals surface area contributed by atoms with Crippen molar-refractivity contribution in [3.8, 4) is 11.5 Å². The number of thioether (sulfide) groups is 1. The van der Waals surface area contributed by atoms with Gasteiger partial charge >= 0.3 is 0 Å². The van der Waals surface area contributed by atoms with Gasteiger partial charge in [-0.2, -0.15) is 0 Å². The Morgan fingerprint density at radius 2 is 1.84 bits per heavy atom. The summed E-state index contributed by atoms with van der Waals surface area (Å²) in [6.07, 6.45) is 2.06. The molecule has 0 fully saturated rings. The SMILES string of the molecule is CCOCCNCc1cc(OC)c(OC)cc1SC. The number of methoxy groups -OCH3 is 2. The second kappa shape index (κ2) is 9.07. The fourth-order valence-electron chi connectivity index (χ4n) is 1.74. The lowest BCUT2D eigenvalue weighted by molar-refractivity contribution is 0.149. The Bertz CT molecular complexity index is 385. The maximum Gasteiger partial charge on any atom is 0.161 e. The average molecular weight is 285 g/mol. The molecule has 0 spiro atoms. The van der Waals surface area contributed by atoms with Crippen LogP contribution >= 0.6 is 11.8 Å². The van der Waals surface area contributed by atoms with E-state index >= 15 is 0 Å². The van der Waals surface area contributed by atoms with E-state index in [9.17, 15) is 0 Å². The second-order valence-electron chi connectivity index (χ2n) is 3.89. The summed E-state index contributed by atoms with van der Waals surface area (Å²) >= 11 is 1.71. The van der Waals surface area contributed by atoms with E-state index in [1.807, 2.05) is 19.1 Å². The van der Waals surface area contributed by atoms with Gasteiger partial charge in [0.25, 0.3) is 0 Å². The number of nitrogens with one attached hydrogen (secondary N) is 1. The van der Waals surface area contributed by atoms with Gasteiger partial charge in [0.05, 0.1) is 20.8 Å². The molecule has 0 aliphatic carbocycles. The summed E-state index contributed by atoms with van der Waals surface area (Å²) in [4.78, 5) is 1.20. The highest BCUT2D eigenvalue weighted by atomic mass is 32.2. The standard InChI is InChI=1S/C14H23NO3S/c1-5-18-7-6-15-10-11-8-12(16-2)13(17-3)9-14(11)19-4/h8-9,15H,5-7,10H2,1-4H3. The summed E-state index contributed by atoms with van der Waals surface area (Å²) in [6.45, 7) is 5.13. The van der Waals surface area contributed by atoms with Crippen LogP contribution in [-0.2, 0) is 11.3 Å². The zero-order valence-corrected chi connectivity index (χ0v) is 12.9. The van der Waals surface area contributed by atoms with Crippen LogP contribution in [0, 0.1) is 0 Å². The van der Waals surface area contributed by atoms with Crippen LogP contribution < -0.4 is 14.8 Å². The number of hydrogen-bond acceptors (Lipinski definition) is 5. The smallest absolute Gasteiger partial charge is 0.161 e. The third-order valence-corrected chi connectivity index (χ3v) is 3.55. The average Bonchev–Trinajstić information content (AvgIpc) is 2.46. The number of hydrogen-bond donors (Lipinski definition) is 1. The molecule has 0 bridgehead atoms. The van der Waals surface area contributed by atoms with E-state index in [0.29, 0.717) is 0 Å². The minimum atomic E-state index is 0.735. The third kappa shape index (κ3) is 4.93. The molecule has 1 rings (SSSR count). The summed E-state index contributed by atoms with van der Waals surface area (Å²) in [6, 6.07) is 4.04. The lowest BCUT2D eigenvalue weighted by Gasteiger charge is -2.14. The quantitative estimate of drug-likeness (QED) is 0.558. The van der Waals surface area contributed by atoms with Crippen molar-refractivity contribution in [3.63, 3.8) is 0 Å². The molecule has 0 amide bonds. The fourth-order valence-corrected chi connectivity index (χ4v) is 2.36. The zero-order valence-electron chi connectivity index (χ0n) is 12.1. The molecule has 108 valence electrons. The van der Waals surface area contributed by atoms with Crippen molar-refractivity contribution in [3.05, 3.63) is 17.7 Å². The summed E-state index contributed by atoms with van der Waals surface area (Å²) in [5, 5.41) is 3.37. The van der Waals surface area contributed by atoms with Gasteiger partial charge in [0.2, 0.25) is 0 Å². The van der Waals surface area contributed by atoms with Crippen molar-refractivity contribution in [1.82, 2.24) is 5.32 Å². The van der Waals surface area contributed by atoms with E-state index in [0.717, 1.165) is 37.8 Å². The van der Waals surface area contributed by atoms with Crippen molar-refractivity contribution in [2.24, 2.45) is 0 Å². The molecule has 0 unspecified atom stereocenters. The van der Waals surface area contributed by atoms with Crippen LogP contribution in [0.1, 0.15) is 12.5 Å². The van der Waals surface area contributed by atoms with Gasteiger partial charge in [-0.25, -0.2) is 0 Å². The zero-order chi connectivity index (χ0) is 14.1. The fraction of sp³-hybridized carbons (Fsp3) is 0.571. The highest BCUT2D eigenvalue weighted by Crippen LogP contribution is 2.34. The van der Waals surface area contributed by atoms with Crippen LogP contribution in [0.15, 0.2) is 17.0 Å². The van der Waals surface area contributed by atoms with Crippen molar-refractivity contribution >= 4 is 11.8 Å². The van der Waals surface area contributed by atoms with Gasteiger partial charge in [0, 0.05) is 24.6 Å². The number of benzene rings is 1. The minimum absolute atomic E-state index is 0.735. The van der Waals surface area contributed by atoms with Crippen LogP contribution in [-0.4, -0.2) is 40.2 Å². The molecule has 19 heavy (non-hydrogen) atoms. The first kappa shape index (κ1) is 16.1. The van der Waals surface area contributed by atoms with E-state index in [-0.39, 0.29) is 0 Å². The Morgan fingerprint density at radius 3 is 2.42 bits per heavy atom. The summed E-state index contributed by atoms with van der Waals surface area (Å²) in [5.41, 5.74) is 1.21. The Morgan fingerprint density at radius 1 is 1.16 bits per heavy atom. The topological polar surface area (TPSA) is 39.7 Å². The molecule has 5 heteroatoms. The molecular formula is C14H23NO3S. The van der Waals surface area contributed by atoms with Gasteiger partial charge in [-0.3, -0.25) is 0 Å². The maximum absolute atomic E-state index is 5.33. The highest BCUT2D eigenvalue weighted by molar-refractivity contribution is 7.98. The molecule has 0 radical (unpaired) electrons. The van der Waals surface area contributed by atoms with Crippen LogP contribution in [0.25, 0.3) is 0 Å². The minimum Gasteiger partial charge on any atom is -0.493 e. The van der Waals surface area contributed by atoms with E-state index in [1.54, 1.807) is 26.0 Å². The van der Waals surface area contributed by atoms with Crippen molar-refractivity contribution in [1.29, 1.82) is 0 Å². The van der Waals surface area contributed by atoms with Gasteiger partial charge in [0.1, 0.15) is 0 Å². The number of ether oxygens (including phenoxy) is 3. The molecule has 0 heterocycles. The largest absolute Gasteiger partial charge is 0.493 e. The second-order valence-corrected chi connectivity index (χ2v) is 4.74. The predicted octanol–water partition coefficient (Wildman–Crippen LogP) is 2.55. The van der Waals surface area contributed by atoms with E-state index < -0.39 is 0 Å². The normalized spacial score (nSPS) is 10.5. The van der Waals surface area contributed by atoms with Gasteiger partial charge < -0.3 is 19.5 Å². The van der Waals surface area contributed by atoms with Gasteiger partial charge in [-0.1, -0.05) is 0 Å². The first-order valence-electron chi connectivity index (χ1n) is 6.34. The lowest BCUT2D eigenvalue weighted by Crippen LogP contribution is -2.19. The number of rotatable bonds is 9. The molecule has 0 atom stereocenters. The molecule has 0 saturated heterocycles. The summed E-state index contributed by atoms with van der Waals surface area (Å²) < 4.78 is 15.9. The van der Waals surface area contributed by atoms with Crippen molar-refractivity contribution in [2.45, 2.75) is 18.4 Å². The molecule has 4 nitrogen and oxygen atoms in total. The molecule has 1 aromatic carbocycles. The van der Waals surface area contributed by atoms with Crippen LogP contribution in [0.5, 0.6) is 11.5 Å². The monoisotopic (exact) mass is 285 g/mol. The van der Waals surface area contributed by atoms with E-state index in [2.05, 4.69) is 11.6 Å². The molecular weight excluding hydrogens is 262 g/mol. The summed E-state index contributed by atoms with van der Waals surface area (Å²) in [7, 11) is 3.31. The molecule has 0 aliphatic rings. The Balaban J connectivity index is 2.70. The summed E-state index contributed by atoms with van der Waals surface area (Å²) in [5.74, 6) is 1.53. The molecule has 0 aliphatic heterocycles. The first-order chi connectivity index (χ1) is 9.26. The van der Waals surface area contributed by atoms with E-state index in [1.165, 1.54) is 10.5 Å². The predicted molar refractivity (Wildman–Crippen MR) is 79.5 cm³/mol. The molecule has 0 aromatic heterocycles. The van der Waals surface area contributed by atoms with Gasteiger partial charge in [0.15, 0.2) is 11.5 Å². The molecule has 1 aromatic rings. The van der Waals surface area contributed by atoms with Crippen LogP contribution in [0.3, 0.4) is 0 Å². The van der Waals surface area contributed by atoms with Crippen molar-refractivity contribution in [2.75, 3.05) is 40.2 Å². The highest BCUT2D eigenvalue weighted by Gasteiger charge is 2.10. The van der Waals surface area contributed by atoms with Gasteiger partial charge in [-0.05, 0) is 30.9 Å². The maximum atomic E-state index is 5.33. The van der Waals surface area contributed by atoms with Crippen LogP contribution in [0.4, 0.5) is 0 Å². The Kier molecular flexibility index (Phi) is 7.70. The Hall–Kier alpha value is -0.910. The molecule has 1 N–H and O–H groups in total. The van der Waals surface area contributed by atoms with Crippen molar-refractivity contribution < 1.29 is 14.2 Å².